The maximum Gasteiger partial charge on any atom is 0.254 e. The molecular weight excluding hydrogens is 267 g/mol. The molecule has 0 aliphatic rings. The molecule has 1 heterocycles. The van der Waals surface area contributed by atoms with E-state index in [1.165, 1.54) is 19.1 Å². The molecule has 1 amide bonds. The summed E-state index contributed by atoms with van der Waals surface area (Å²) in [6.45, 7) is 0.843. The highest BCUT2D eigenvalue weighted by Crippen LogP contribution is 2.16. The average molecular weight is 279 g/mol. The van der Waals surface area contributed by atoms with Crippen molar-refractivity contribution in [3.63, 3.8) is 0 Å². The zero-order valence-electron chi connectivity index (χ0n) is 9.07. The molecule has 1 unspecified atom stereocenters. The molecule has 7 heteroatoms. The van der Waals surface area contributed by atoms with Crippen LogP contribution in [0.4, 0.5) is 0 Å². The molecule has 17 heavy (non-hydrogen) atoms. The topological polar surface area (TPSA) is 82.5 Å². The van der Waals surface area contributed by atoms with E-state index in [9.17, 15) is 9.90 Å². The molecule has 0 aliphatic heterocycles. The Hall–Kier alpha value is -0.880. The van der Waals surface area contributed by atoms with Crippen LogP contribution in [0.2, 0.25) is 10.3 Å². The summed E-state index contributed by atoms with van der Waals surface area (Å²) in [7, 11) is 0. The Morgan fingerprint density at radius 1 is 1.53 bits per heavy atom. The first-order valence-corrected chi connectivity index (χ1v) is 5.55. The number of aromatic nitrogens is 1. The van der Waals surface area contributed by atoms with Crippen molar-refractivity contribution in [2.75, 3.05) is 13.2 Å². The highest BCUT2D eigenvalue weighted by molar-refractivity contribution is 6.34. The van der Waals surface area contributed by atoms with Crippen molar-refractivity contribution in [1.82, 2.24) is 10.3 Å². The molecule has 0 saturated carbocycles. The zero-order chi connectivity index (χ0) is 13.1. The van der Waals surface area contributed by atoms with Crippen molar-refractivity contribution in [3.8, 4) is 0 Å². The molecular formula is C10H12Cl2N2O3. The van der Waals surface area contributed by atoms with Gasteiger partial charge in [0.1, 0.15) is 15.9 Å². The number of nitrogens with one attached hydrogen (secondary N) is 1. The van der Waals surface area contributed by atoms with Gasteiger partial charge in [0.25, 0.3) is 5.91 Å². The molecule has 5 nitrogen and oxygen atoms in total. The van der Waals surface area contributed by atoms with Gasteiger partial charge < -0.3 is 15.5 Å². The van der Waals surface area contributed by atoms with Crippen LogP contribution in [0, 0.1) is 0 Å². The van der Waals surface area contributed by atoms with Crippen molar-refractivity contribution < 1.29 is 15.0 Å². The molecule has 0 spiro atoms. The zero-order valence-corrected chi connectivity index (χ0v) is 10.6. The van der Waals surface area contributed by atoms with Gasteiger partial charge in [0, 0.05) is 6.54 Å². The number of aliphatic hydroxyl groups excluding tert-OH is 1. The van der Waals surface area contributed by atoms with Gasteiger partial charge in [-0.05, 0) is 19.1 Å². The minimum Gasteiger partial charge on any atom is -0.393 e. The summed E-state index contributed by atoms with van der Waals surface area (Å²) in [6, 6.07) is 2.87. The number of amides is 1. The number of aliphatic hydroxyl groups is 2. The van der Waals surface area contributed by atoms with Crippen molar-refractivity contribution in [2.45, 2.75) is 12.5 Å². The van der Waals surface area contributed by atoms with Gasteiger partial charge in [-0.3, -0.25) is 4.79 Å². The quantitative estimate of drug-likeness (QED) is 0.714. The minimum absolute atomic E-state index is 0.0151. The molecule has 1 atom stereocenters. The van der Waals surface area contributed by atoms with Gasteiger partial charge >= 0.3 is 0 Å². The molecule has 0 fully saturated rings. The highest BCUT2D eigenvalue weighted by Gasteiger charge is 2.21. The van der Waals surface area contributed by atoms with Crippen molar-refractivity contribution in [2.24, 2.45) is 0 Å². The van der Waals surface area contributed by atoms with Crippen LogP contribution < -0.4 is 5.32 Å². The van der Waals surface area contributed by atoms with E-state index in [4.69, 9.17) is 28.3 Å². The Balaban J connectivity index is 2.71. The molecule has 1 rings (SSSR count). The second-order valence-electron chi connectivity index (χ2n) is 3.81. The summed E-state index contributed by atoms with van der Waals surface area (Å²) in [5.41, 5.74) is -1.22. The normalized spacial score (nSPS) is 14.2. The van der Waals surface area contributed by atoms with E-state index < -0.39 is 18.1 Å². The van der Waals surface area contributed by atoms with Crippen LogP contribution >= 0.6 is 23.2 Å². The van der Waals surface area contributed by atoms with Crippen LogP contribution in [0.3, 0.4) is 0 Å². The summed E-state index contributed by atoms with van der Waals surface area (Å²) in [6.07, 6.45) is 0. The van der Waals surface area contributed by atoms with E-state index in [1.54, 1.807) is 0 Å². The Labute approximate surface area is 108 Å². The fraction of sp³-hybridized carbons (Fsp3) is 0.400. The Bertz CT molecular complexity index is 424. The molecule has 0 aliphatic carbocycles. The second kappa shape index (κ2) is 5.64. The maximum atomic E-state index is 11.7. The van der Waals surface area contributed by atoms with Gasteiger partial charge in [-0.15, -0.1) is 0 Å². The molecule has 0 radical (unpaired) electrons. The third kappa shape index (κ3) is 4.12. The van der Waals surface area contributed by atoms with Crippen molar-refractivity contribution in [1.29, 1.82) is 0 Å². The van der Waals surface area contributed by atoms with Crippen LogP contribution in [0.15, 0.2) is 12.1 Å². The monoisotopic (exact) mass is 278 g/mol. The van der Waals surface area contributed by atoms with E-state index >= 15 is 0 Å². The molecule has 0 saturated heterocycles. The molecule has 1 aromatic rings. The van der Waals surface area contributed by atoms with Crippen molar-refractivity contribution in [3.05, 3.63) is 28.0 Å². The van der Waals surface area contributed by atoms with Gasteiger partial charge in [0.05, 0.1) is 12.2 Å². The Kier molecular flexibility index (Phi) is 4.70. The van der Waals surface area contributed by atoms with Crippen LogP contribution in [-0.4, -0.2) is 39.9 Å². The lowest BCUT2D eigenvalue weighted by Gasteiger charge is -2.20. The lowest BCUT2D eigenvalue weighted by atomic mass is 10.1. The first kappa shape index (κ1) is 14.2. The lowest BCUT2D eigenvalue weighted by Crippen LogP contribution is -2.43. The van der Waals surface area contributed by atoms with Crippen LogP contribution in [0.5, 0.6) is 0 Å². The highest BCUT2D eigenvalue weighted by atomic mass is 35.5. The number of carbonyl (C=O) groups excluding carboxylic acids is 1. The predicted molar refractivity (Wildman–Crippen MR) is 64.3 cm³/mol. The van der Waals surface area contributed by atoms with E-state index in [2.05, 4.69) is 10.3 Å². The smallest absolute Gasteiger partial charge is 0.254 e. The van der Waals surface area contributed by atoms with Gasteiger partial charge in [0.2, 0.25) is 0 Å². The SMILES string of the molecule is CC(O)(CO)CNC(=O)c1ccc(Cl)nc1Cl. The predicted octanol–water partition coefficient (Wildman–Crippen LogP) is 0.861. The van der Waals surface area contributed by atoms with Crippen LogP contribution in [-0.2, 0) is 0 Å². The fourth-order valence-corrected chi connectivity index (χ4v) is 1.43. The second-order valence-corrected chi connectivity index (χ2v) is 4.56. The Morgan fingerprint density at radius 2 is 2.18 bits per heavy atom. The van der Waals surface area contributed by atoms with Gasteiger partial charge in [0.15, 0.2) is 0 Å². The fourth-order valence-electron chi connectivity index (χ4n) is 1.00. The van der Waals surface area contributed by atoms with Gasteiger partial charge in [-0.25, -0.2) is 4.98 Å². The number of hydrogen-bond donors (Lipinski definition) is 3. The summed E-state index contributed by atoms with van der Waals surface area (Å²) >= 11 is 11.3. The number of nitrogens with zero attached hydrogens (tertiary/aromatic N) is 1. The average Bonchev–Trinajstić information content (AvgIpc) is 2.26. The molecule has 1 aromatic heterocycles. The van der Waals surface area contributed by atoms with E-state index in [0.29, 0.717) is 0 Å². The summed E-state index contributed by atoms with van der Waals surface area (Å²) in [4.78, 5) is 15.4. The number of carbonyl (C=O) groups is 1. The first-order chi connectivity index (χ1) is 7.85. The third-order valence-electron chi connectivity index (χ3n) is 2.03. The summed E-state index contributed by atoms with van der Waals surface area (Å²) in [5.74, 6) is -0.493. The number of hydrogen-bond acceptors (Lipinski definition) is 4. The van der Waals surface area contributed by atoms with Crippen molar-refractivity contribution >= 4 is 29.1 Å². The van der Waals surface area contributed by atoms with Gasteiger partial charge in [-0.1, -0.05) is 23.2 Å². The van der Waals surface area contributed by atoms with E-state index in [0.717, 1.165) is 0 Å². The molecule has 94 valence electrons. The summed E-state index contributed by atoms with van der Waals surface area (Å²) in [5, 5.41) is 20.9. The number of rotatable bonds is 4. The molecule has 0 bridgehead atoms. The Morgan fingerprint density at radius 3 is 2.71 bits per heavy atom. The molecule has 0 aromatic carbocycles. The number of pyridine rings is 1. The summed E-state index contributed by atoms with van der Waals surface area (Å²) < 4.78 is 0. The van der Waals surface area contributed by atoms with Crippen LogP contribution in [0.1, 0.15) is 17.3 Å². The first-order valence-electron chi connectivity index (χ1n) is 4.79. The lowest BCUT2D eigenvalue weighted by molar-refractivity contribution is 0.00320. The van der Waals surface area contributed by atoms with Crippen LogP contribution in [0.25, 0.3) is 0 Å². The number of halogens is 2. The van der Waals surface area contributed by atoms with E-state index in [-0.39, 0.29) is 22.4 Å². The minimum atomic E-state index is -1.37. The molecule has 3 N–H and O–H groups in total. The maximum absolute atomic E-state index is 11.7. The van der Waals surface area contributed by atoms with E-state index in [1.807, 2.05) is 0 Å². The third-order valence-corrected chi connectivity index (χ3v) is 2.53. The standard InChI is InChI=1S/C10H12Cl2N2O3/c1-10(17,5-15)4-13-9(16)6-2-3-7(11)14-8(6)12/h2-3,15,17H,4-5H2,1H3,(H,13,16). The largest absolute Gasteiger partial charge is 0.393 e. The van der Waals surface area contributed by atoms with Gasteiger partial charge in [-0.2, -0.15) is 0 Å².